The standard InChI is InChI=1S/C22H42N6O/c1-24-8-2-19(3-9-24)18-25-10-4-20(5-11-25)22(29)27-16-14-26(15-17-27)21-6-12-28(23)13-7-21/h19-21H,2-18,23H2,1H3. The fourth-order valence-corrected chi connectivity index (χ4v) is 5.79. The largest absolute Gasteiger partial charge is 0.340 e. The molecular weight excluding hydrogens is 364 g/mol. The van der Waals surface area contributed by atoms with Gasteiger partial charge in [-0.05, 0) is 77.7 Å². The number of likely N-dealkylation sites (tertiary alicyclic amines) is 2. The zero-order valence-electron chi connectivity index (χ0n) is 18.5. The normalized spacial score (nSPS) is 28.8. The van der Waals surface area contributed by atoms with Gasteiger partial charge < -0.3 is 14.7 Å². The maximum atomic E-state index is 13.1. The number of carbonyl (C=O) groups excluding carboxylic acids is 1. The number of hydrogen-bond acceptors (Lipinski definition) is 6. The Kier molecular flexibility index (Phi) is 7.45. The molecule has 7 heteroatoms. The molecule has 4 heterocycles. The second kappa shape index (κ2) is 10.1. The summed E-state index contributed by atoms with van der Waals surface area (Å²) in [6.07, 6.45) is 7.12. The first-order valence-electron chi connectivity index (χ1n) is 12.0. The molecule has 0 aromatic rings. The molecule has 4 rings (SSSR count). The van der Waals surface area contributed by atoms with Crippen molar-refractivity contribution >= 4 is 5.91 Å². The summed E-state index contributed by atoms with van der Waals surface area (Å²) in [4.78, 5) is 22.9. The van der Waals surface area contributed by atoms with Crippen LogP contribution in [0.3, 0.4) is 0 Å². The van der Waals surface area contributed by atoms with Crippen LogP contribution >= 0.6 is 0 Å². The van der Waals surface area contributed by atoms with Gasteiger partial charge in [0.05, 0.1) is 0 Å². The first-order valence-corrected chi connectivity index (χ1v) is 12.0. The first-order chi connectivity index (χ1) is 14.1. The van der Waals surface area contributed by atoms with E-state index in [4.69, 9.17) is 5.84 Å². The van der Waals surface area contributed by atoms with Gasteiger partial charge in [-0.2, -0.15) is 0 Å². The summed E-state index contributed by atoms with van der Waals surface area (Å²) in [5.41, 5.74) is 0. The van der Waals surface area contributed by atoms with E-state index in [-0.39, 0.29) is 5.92 Å². The van der Waals surface area contributed by atoms with Crippen molar-refractivity contribution in [3.63, 3.8) is 0 Å². The van der Waals surface area contributed by atoms with Gasteiger partial charge in [0.1, 0.15) is 0 Å². The highest BCUT2D eigenvalue weighted by Gasteiger charge is 2.33. The van der Waals surface area contributed by atoms with Crippen LogP contribution < -0.4 is 5.84 Å². The number of nitrogens with zero attached hydrogens (tertiary/aromatic N) is 5. The molecule has 4 aliphatic heterocycles. The van der Waals surface area contributed by atoms with Crippen molar-refractivity contribution in [2.45, 2.75) is 44.6 Å². The maximum absolute atomic E-state index is 13.1. The predicted octanol–water partition coefficient (Wildman–Crippen LogP) is 0.523. The van der Waals surface area contributed by atoms with Gasteiger partial charge in [-0.3, -0.25) is 15.5 Å². The molecule has 0 unspecified atom stereocenters. The minimum Gasteiger partial charge on any atom is -0.340 e. The van der Waals surface area contributed by atoms with Gasteiger partial charge in [0.15, 0.2) is 0 Å². The molecule has 0 aliphatic carbocycles. The summed E-state index contributed by atoms with van der Waals surface area (Å²) in [5.74, 6) is 7.44. The Morgan fingerprint density at radius 3 is 2.03 bits per heavy atom. The Balaban J connectivity index is 1.16. The Morgan fingerprint density at radius 1 is 0.793 bits per heavy atom. The summed E-state index contributed by atoms with van der Waals surface area (Å²) in [6.45, 7) is 11.9. The van der Waals surface area contributed by atoms with Gasteiger partial charge in [-0.25, -0.2) is 5.01 Å². The lowest BCUT2D eigenvalue weighted by Crippen LogP contribution is -2.56. The van der Waals surface area contributed by atoms with E-state index >= 15 is 0 Å². The van der Waals surface area contributed by atoms with Crippen molar-refractivity contribution in [1.29, 1.82) is 0 Å². The Labute approximate surface area is 177 Å². The maximum Gasteiger partial charge on any atom is 0.225 e. The van der Waals surface area contributed by atoms with Crippen molar-refractivity contribution < 1.29 is 4.79 Å². The molecule has 0 radical (unpaired) electrons. The van der Waals surface area contributed by atoms with Gasteiger partial charge in [0.2, 0.25) is 5.91 Å². The topological polar surface area (TPSA) is 59.3 Å². The van der Waals surface area contributed by atoms with Gasteiger partial charge in [-0.15, -0.1) is 0 Å². The van der Waals surface area contributed by atoms with Crippen LogP contribution in [0.25, 0.3) is 0 Å². The lowest BCUT2D eigenvalue weighted by atomic mass is 9.92. The molecule has 0 spiro atoms. The number of piperazine rings is 1. The molecule has 0 aromatic heterocycles. The SMILES string of the molecule is CN1CCC(CN2CCC(C(=O)N3CCN(C4CCN(N)CC4)CC3)CC2)CC1. The summed E-state index contributed by atoms with van der Waals surface area (Å²) in [5, 5.41) is 1.94. The summed E-state index contributed by atoms with van der Waals surface area (Å²) < 4.78 is 0. The van der Waals surface area contributed by atoms with E-state index in [1.807, 2.05) is 5.01 Å². The van der Waals surface area contributed by atoms with Crippen LogP contribution in [0, 0.1) is 11.8 Å². The lowest BCUT2D eigenvalue weighted by molar-refractivity contribution is -0.139. The molecule has 0 atom stereocenters. The van der Waals surface area contributed by atoms with Crippen LogP contribution in [-0.4, -0.2) is 116 Å². The van der Waals surface area contributed by atoms with Gasteiger partial charge in [-0.1, -0.05) is 0 Å². The zero-order valence-corrected chi connectivity index (χ0v) is 18.5. The Morgan fingerprint density at radius 2 is 1.41 bits per heavy atom. The van der Waals surface area contributed by atoms with Crippen LogP contribution in [0.4, 0.5) is 0 Å². The van der Waals surface area contributed by atoms with Crippen molar-refractivity contribution in [2.24, 2.45) is 17.7 Å². The summed E-state index contributed by atoms with van der Waals surface area (Å²) in [7, 11) is 2.23. The predicted molar refractivity (Wildman–Crippen MR) is 116 cm³/mol. The molecule has 4 aliphatic rings. The number of rotatable bonds is 4. The fourth-order valence-electron chi connectivity index (χ4n) is 5.79. The smallest absolute Gasteiger partial charge is 0.225 e. The van der Waals surface area contributed by atoms with E-state index in [0.717, 1.165) is 71.1 Å². The van der Waals surface area contributed by atoms with Crippen LogP contribution in [0.5, 0.6) is 0 Å². The number of hydrazine groups is 1. The summed E-state index contributed by atoms with van der Waals surface area (Å²) >= 11 is 0. The number of hydrogen-bond donors (Lipinski definition) is 1. The minimum absolute atomic E-state index is 0.260. The Bertz CT molecular complexity index is 513. The van der Waals surface area contributed by atoms with Crippen LogP contribution in [-0.2, 0) is 4.79 Å². The molecule has 4 fully saturated rings. The average molecular weight is 407 g/mol. The van der Waals surface area contributed by atoms with E-state index in [2.05, 4.69) is 26.6 Å². The van der Waals surface area contributed by atoms with Crippen molar-refractivity contribution in [3.8, 4) is 0 Å². The highest BCUT2D eigenvalue weighted by molar-refractivity contribution is 5.79. The fraction of sp³-hybridized carbons (Fsp3) is 0.955. The van der Waals surface area contributed by atoms with E-state index in [1.165, 1.54) is 45.3 Å². The molecule has 2 N–H and O–H groups in total. The van der Waals surface area contributed by atoms with Gasteiger partial charge >= 0.3 is 0 Å². The summed E-state index contributed by atoms with van der Waals surface area (Å²) in [6, 6.07) is 0.662. The zero-order chi connectivity index (χ0) is 20.2. The lowest BCUT2D eigenvalue weighted by Gasteiger charge is -2.43. The molecule has 166 valence electrons. The molecule has 29 heavy (non-hydrogen) atoms. The average Bonchev–Trinajstić information content (AvgIpc) is 2.76. The molecule has 4 saturated heterocycles. The number of carbonyl (C=O) groups is 1. The van der Waals surface area contributed by atoms with Crippen molar-refractivity contribution in [2.75, 3.05) is 79.0 Å². The third-order valence-corrected chi connectivity index (χ3v) is 7.93. The third kappa shape index (κ3) is 5.70. The van der Waals surface area contributed by atoms with E-state index < -0.39 is 0 Å². The van der Waals surface area contributed by atoms with E-state index in [1.54, 1.807) is 0 Å². The molecule has 0 aromatic carbocycles. The second-order valence-electron chi connectivity index (χ2n) is 9.95. The van der Waals surface area contributed by atoms with Crippen LogP contribution in [0.1, 0.15) is 38.5 Å². The second-order valence-corrected chi connectivity index (χ2v) is 9.95. The number of nitrogens with two attached hydrogens (primary N) is 1. The van der Waals surface area contributed by atoms with E-state index in [9.17, 15) is 4.79 Å². The molecule has 0 saturated carbocycles. The van der Waals surface area contributed by atoms with Crippen molar-refractivity contribution in [3.05, 3.63) is 0 Å². The van der Waals surface area contributed by atoms with Crippen LogP contribution in [0.15, 0.2) is 0 Å². The molecular formula is C22H42N6O. The van der Waals surface area contributed by atoms with Gasteiger partial charge in [0, 0.05) is 57.8 Å². The first kappa shape index (κ1) is 21.5. The quantitative estimate of drug-likeness (QED) is 0.687. The molecule has 0 bridgehead atoms. The number of piperidine rings is 3. The monoisotopic (exact) mass is 406 g/mol. The minimum atomic E-state index is 0.260. The van der Waals surface area contributed by atoms with Crippen molar-refractivity contribution in [1.82, 2.24) is 24.6 Å². The molecule has 1 amide bonds. The highest BCUT2D eigenvalue weighted by atomic mass is 16.2. The highest BCUT2D eigenvalue weighted by Crippen LogP contribution is 2.24. The van der Waals surface area contributed by atoms with E-state index in [0.29, 0.717) is 11.9 Å². The third-order valence-electron chi connectivity index (χ3n) is 7.93. The Hall–Kier alpha value is -0.730. The molecule has 7 nitrogen and oxygen atoms in total. The van der Waals surface area contributed by atoms with Crippen LogP contribution in [0.2, 0.25) is 0 Å². The van der Waals surface area contributed by atoms with Gasteiger partial charge in [0.25, 0.3) is 0 Å². The number of amides is 1.